The lowest BCUT2D eigenvalue weighted by atomic mass is 9.77. The number of Topliss-reactive ketones (excluding diaryl/α,β-unsaturated/α-hetero) is 1. The summed E-state index contributed by atoms with van der Waals surface area (Å²) in [6.45, 7) is 0. The Morgan fingerprint density at radius 1 is 1.14 bits per heavy atom. The number of carbonyl (C=O) groups excluding carboxylic acids is 2. The van der Waals surface area contributed by atoms with E-state index in [1.165, 1.54) is 0 Å². The highest BCUT2D eigenvalue weighted by atomic mass is 16.5. The minimum atomic E-state index is -0.239. The fraction of sp³-hybridized carbons (Fsp3) is 0.412. The summed E-state index contributed by atoms with van der Waals surface area (Å²) in [5, 5.41) is 2.86. The quantitative estimate of drug-likeness (QED) is 0.930. The number of ether oxygens (including phenoxy) is 2. The van der Waals surface area contributed by atoms with Gasteiger partial charge in [0, 0.05) is 41.7 Å². The molecule has 2 aliphatic rings. The van der Waals surface area contributed by atoms with Crippen LogP contribution in [-0.2, 0) is 9.59 Å². The molecule has 116 valence electrons. The van der Waals surface area contributed by atoms with E-state index in [4.69, 9.17) is 9.47 Å². The van der Waals surface area contributed by atoms with Gasteiger partial charge in [-0.05, 0) is 18.9 Å². The van der Waals surface area contributed by atoms with Gasteiger partial charge in [-0.2, -0.15) is 0 Å². The van der Waals surface area contributed by atoms with Crippen LogP contribution in [0.5, 0.6) is 11.5 Å². The minimum absolute atomic E-state index is 0.0451. The van der Waals surface area contributed by atoms with Crippen LogP contribution in [0.1, 0.15) is 37.2 Å². The maximum atomic E-state index is 12.4. The molecule has 1 aromatic rings. The summed E-state index contributed by atoms with van der Waals surface area (Å²) in [5.74, 6) is 1.17. The lowest BCUT2D eigenvalue weighted by Gasteiger charge is -2.31. The van der Waals surface area contributed by atoms with Crippen LogP contribution in [0.25, 0.3) is 0 Å². The number of hydrogen-bond donors (Lipinski definition) is 1. The second kappa shape index (κ2) is 5.83. The molecule has 1 aromatic carbocycles. The summed E-state index contributed by atoms with van der Waals surface area (Å²) in [6.07, 6.45) is 2.36. The Morgan fingerprint density at radius 3 is 2.68 bits per heavy atom. The van der Waals surface area contributed by atoms with Crippen molar-refractivity contribution in [3.63, 3.8) is 0 Å². The van der Waals surface area contributed by atoms with Crippen molar-refractivity contribution in [1.82, 2.24) is 5.32 Å². The van der Waals surface area contributed by atoms with Crippen LogP contribution in [0.4, 0.5) is 0 Å². The third-order valence-corrected chi connectivity index (χ3v) is 4.30. The fourth-order valence-electron chi connectivity index (χ4n) is 3.28. The molecule has 0 aromatic heterocycles. The van der Waals surface area contributed by atoms with E-state index in [1.807, 2.05) is 12.1 Å². The van der Waals surface area contributed by atoms with Gasteiger partial charge in [0.05, 0.1) is 14.2 Å². The molecule has 1 atom stereocenters. The lowest BCUT2D eigenvalue weighted by Crippen LogP contribution is -2.36. The molecular formula is C17H19NO4. The second-order valence-electron chi connectivity index (χ2n) is 5.58. The first-order chi connectivity index (χ1) is 10.6. The topological polar surface area (TPSA) is 64.6 Å². The normalized spacial score (nSPS) is 21.3. The molecule has 0 fully saturated rings. The van der Waals surface area contributed by atoms with Gasteiger partial charge in [0.25, 0.3) is 0 Å². The van der Waals surface area contributed by atoms with Crippen molar-refractivity contribution in [2.24, 2.45) is 0 Å². The summed E-state index contributed by atoms with van der Waals surface area (Å²) in [5.41, 5.74) is 2.39. The monoisotopic (exact) mass is 301 g/mol. The van der Waals surface area contributed by atoms with Gasteiger partial charge in [-0.1, -0.05) is 6.07 Å². The van der Waals surface area contributed by atoms with Crippen LogP contribution in [0.15, 0.2) is 29.5 Å². The molecule has 1 aliphatic carbocycles. The number of ketones is 1. The molecule has 3 rings (SSSR count). The number of methoxy groups -OCH3 is 2. The first-order valence-corrected chi connectivity index (χ1v) is 7.42. The van der Waals surface area contributed by atoms with Crippen molar-refractivity contribution in [3.05, 3.63) is 35.0 Å². The van der Waals surface area contributed by atoms with E-state index in [0.717, 1.165) is 29.7 Å². The molecule has 22 heavy (non-hydrogen) atoms. The molecule has 1 heterocycles. The number of nitrogens with one attached hydrogen (secondary N) is 1. The van der Waals surface area contributed by atoms with E-state index in [2.05, 4.69) is 5.32 Å². The molecular weight excluding hydrogens is 282 g/mol. The van der Waals surface area contributed by atoms with Gasteiger partial charge in [0.1, 0.15) is 11.5 Å². The second-order valence-corrected chi connectivity index (χ2v) is 5.58. The minimum Gasteiger partial charge on any atom is -0.497 e. The number of rotatable bonds is 3. The molecule has 1 aliphatic heterocycles. The Bertz CT molecular complexity index is 663. The predicted octanol–water partition coefficient (Wildman–Crippen LogP) is 2.31. The van der Waals surface area contributed by atoms with Gasteiger partial charge in [0.2, 0.25) is 5.91 Å². The highest BCUT2D eigenvalue weighted by molar-refractivity contribution is 6.01. The Kier molecular flexibility index (Phi) is 3.88. The predicted molar refractivity (Wildman–Crippen MR) is 80.9 cm³/mol. The fourth-order valence-corrected chi connectivity index (χ4v) is 3.28. The first kappa shape index (κ1) is 14.6. The molecule has 0 spiro atoms. The molecule has 5 heteroatoms. The third-order valence-electron chi connectivity index (χ3n) is 4.30. The number of benzene rings is 1. The largest absolute Gasteiger partial charge is 0.497 e. The standard InChI is InChI=1S/C17H19NO4/c1-21-10-6-7-11(15(8-10)22-2)12-9-16(20)18-13-4-3-5-14(19)17(12)13/h6-8,12H,3-5,9H2,1-2H3,(H,18,20)/t12-/m1/s1. The number of allylic oxidation sites excluding steroid dienone is 2. The van der Waals surface area contributed by atoms with Crippen LogP contribution in [-0.4, -0.2) is 25.9 Å². The van der Waals surface area contributed by atoms with Crippen LogP contribution in [0.3, 0.4) is 0 Å². The molecule has 0 saturated heterocycles. The zero-order valence-electron chi connectivity index (χ0n) is 12.8. The zero-order chi connectivity index (χ0) is 15.7. The number of carbonyl (C=O) groups is 2. The van der Waals surface area contributed by atoms with Gasteiger partial charge in [0.15, 0.2) is 5.78 Å². The Balaban J connectivity index is 2.09. The van der Waals surface area contributed by atoms with E-state index in [9.17, 15) is 9.59 Å². The van der Waals surface area contributed by atoms with E-state index in [1.54, 1.807) is 20.3 Å². The molecule has 5 nitrogen and oxygen atoms in total. The third kappa shape index (κ3) is 2.47. The Hall–Kier alpha value is -2.30. The molecule has 1 amide bonds. The van der Waals surface area contributed by atoms with Crippen molar-refractivity contribution in [2.75, 3.05) is 14.2 Å². The van der Waals surface area contributed by atoms with Crippen LogP contribution < -0.4 is 14.8 Å². The molecule has 0 saturated carbocycles. The van der Waals surface area contributed by atoms with E-state index in [-0.39, 0.29) is 24.0 Å². The van der Waals surface area contributed by atoms with Crippen molar-refractivity contribution < 1.29 is 19.1 Å². The summed E-state index contributed by atoms with van der Waals surface area (Å²) in [7, 11) is 3.17. The van der Waals surface area contributed by atoms with Crippen molar-refractivity contribution in [1.29, 1.82) is 0 Å². The average molecular weight is 301 g/mol. The summed E-state index contributed by atoms with van der Waals surface area (Å²) < 4.78 is 10.7. The van der Waals surface area contributed by atoms with Crippen molar-refractivity contribution in [3.8, 4) is 11.5 Å². The Labute approximate surface area is 129 Å². The summed E-state index contributed by atoms with van der Waals surface area (Å²) >= 11 is 0. The molecule has 0 unspecified atom stereocenters. The number of hydrogen-bond acceptors (Lipinski definition) is 4. The highest BCUT2D eigenvalue weighted by Gasteiger charge is 2.36. The number of amides is 1. The Morgan fingerprint density at radius 2 is 1.95 bits per heavy atom. The molecule has 1 N–H and O–H groups in total. The van der Waals surface area contributed by atoms with Gasteiger partial charge >= 0.3 is 0 Å². The highest BCUT2D eigenvalue weighted by Crippen LogP contribution is 2.42. The molecule has 0 radical (unpaired) electrons. The van der Waals surface area contributed by atoms with Crippen LogP contribution in [0, 0.1) is 0 Å². The van der Waals surface area contributed by atoms with Gasteiger partial charge in [-0.3, -0.25) is 9.59 Å². The lowest BCUT2D eigenvalue weighted by molar-refractivity contribution is -0.122. The van der Waals surface area contributed by atoms with E-state index < -0.39 is 0 Å². The van der Waals surface area contributed by atoms with Crippen molar-refractivity contribution >= 4 is 11.7 Å². The van der Waals surface area contributed by atoms with Crippen LogP contribution in [0.2, 0.25) is 0 Å². The van der Waals surface area contributed by atoms with Gasteiger partial charge in [-0.25, -0.2) is 0 Å². The van der Waals surface area contributed by atoms with E-state index in [0.29, 0.717) is 17.9 Å². The van der Waals surface area contributed by atoms with Crippen LogP contribution >= 0.6 is 0 Å². The maximum Gasteiger partial charge on any atom is 0.225 e. The van der Waals surface area contributed by atoms with E-state index >= 15 is 0 Å². The van der Waals surface area contributed by atoms with Gasteiger partial charge in [-0.15, -0.1) is 0 Å². The molecule has 0 bridgehead atoms. The average Bonchev–Trinajstić information content (AvgIpc) is 2.53. The van der Waals surface area contributed by atoms with Crippen molar-refractivity contribution in [2.45, 2.75) is 31.6 Å². The van der Waals surface area contributed by atoms with Gasteiger partial charge < -0.3 is 14.8 Å². The summed E-state index contributed by atoms with van der Waals surface area (Å²) in [4.78, 5) is 24.4. The smallest absolute Gasteiger partial charge is 0.225 e. The first-order valence-electron chi connectivity index (χ1n) is 7.42. The zero-order valence-corrected chi connectivity index (χ0v) is 12.8. The summed E-state index contributed by atoms with van der Waals surface area (Å²) in [6, 6.07) is 5.50. The SMILES string of the molecule is COc1ccc([C@H]2CC(=O)NC3=C2C(=O)CCC3)c(OC)c1. The maximum absolute atomic E-state index is 12.4.